The molecule has 1 heterocycles. The van der Waals surface area contributed by atoms with Gasteiger partial charge < -0.3 is 5.84 Å². The summed E-state index contributed by atoms with van der Waals surface area (Å²) in [7, 11) is 0. The lowest BCUT2D eigenvalue weighted by Gasteiger charge is -1.97. The molecule has 56 valence electrons. The zero-order valence-electron chi connectivity index (χ0n) is 5.25. The molecular weight excluding hydrogens is 142 g/mol. The van der Waals surface area contributed by atoms with E-state index < -0.39 is 6.43 Å². The van der Waals surface area contributed by atoms with E-state index in [2.05, 4.69) is 10.3 Å². The molecule has 0 fully saturated rings. The predicted molar refractivity (Wildman–Crippen MR) is 29.9 cm³/mol. The third-order valence-electron chi connectivity index (χ3n) is 1.12. The lowest BCUT2D eigenvalue weighted by atomic mass is 10.4. The number of nitrogens with two attached hydrogens (primary N) is 1. The molecule has 10 heavy (non-hydrogen) atoms. The Balaban J connectivity index is 3.10. The van der Waals surface area contributed by atoms with Crippen LogP contribution in [-0.4, -0.2) is 15.1 Å². The van der Waals surface area contributed by atoms with Crippen molar-refractivity contribution >= 4 is 0 Å². The summed E-state index contributed by atoms with van der Waals surface area (Å²) in [5, 5.41) is 6.55. The minimum atomic E-state index is -2.61. The van der Waals surface area contributed by atoms with Gasteiger partial charge in [0.15, 0.2) is 5.69 Å². The summed E-state index contributed by atoms with van der Waals surface area (Å²) >= 11 is 0. The van der Waals surface area contributed by atoms with Crippen molar-refractivity contribution in [2.45, 2.75) is 13.3 Å². The molecule has 0 saturated heterocycles. The molecule has 0 radical (unpaired) electrons. The van der Waals surface area contributed by atoms with Gasteiger partial charge in [-0.3, -0.25) is 0 Å². The second-order valence-electron chi connectivity index (χ2n) is 1.81. The first kappa shape index (κ1) is 6.91. The van der Waals surface area contributed by atoms with E-state index in [9.17, 15) is 8.78 Å². The Morgan fingerprint density at radius 1 is 1.60 bits per heavy atom. The highest BCUT2D eigenvalue weighted by molar-refractivity contribution is 5.08. The smallest absolute Gasteiger partial charge is 0.284 e. The third-order valence-corrected chi connectivity index (χ3v) is 1.12. The van der Waals surface area contributed by atoms with E-state index in [0.29, 0.717) is 4.79 Å². The number of alkyl halides is 2. The number of hydrogen-bond acceptors (Lipinski definition) is 3. The largest absolute Gasteiger partial charge is 0.321 e. The molecule has 0 unspecified atom stereocenters. The molecule has 1 aromatic heterocycles. The van der Waals surface area contributed by atoms with Crippen LogP contribution in [0.2, 0.25) is 0 Å². The lowest BCUT2D eigenvalue weighted by molar-refractivity contribution is 0.141. The Bertz CT molecular complexity index is 212. The molecule has 1 rings (SSSR count). The van der Waals surface area contributed by atoms with Gasteiger partial charge in [0.1, 0.15) is 0 Å². The van der Waals surface area contributed by atoms with Gasteiger partial charge in [-0.25, -0.2) is 8.78 Å². The summed E-state index contributed by atoms with van der Waals surface area (Å²) in [5.74, 6) is 5.01. The maximum Gasteiger partial charge on any atom is 0.284 e. The molecule has 0 aliphatic heterocycles. The van der Waals surface area contributed by atoms with E-state index in [-0.39, 0.29) is 11.4 Å². The molecule has 0 saturated carbocycles. The van der Waals surface area contributed by atoms with Gasteiger partial charge in [0, 0.05) is 0 Å². The second-order valence-corrected chi connectivity index (χ2v) is 1.81. The fourth-order valence-corrected chi connectivity index (χ4v) is 0.638. The highest BCUT2D eigenvalue weighted by Gasteiger charge is 2.16. The molecule has 1 aromatic rings. The van der Waals surface area contributed by atoms with Crippen LogP contribution in [0.4, 0.5) is 8.78 Å². The molecule has 0 aliphatic carbocycles. The van der Waals surface area contributed by atoms with Crippen LogP contribution in [0.25, 0.3) is 0 Å². The van der Waals surface area contributed by atoms with Crippen molar-refractivity contribution in [3.8, 4) is 0 Å². The van der Waals surface area contributed by atoms with Crippen LogP contribution in [0.5, 0.6) is 0 Å². The van der Waals surface area contributed by atoms with Crippen molar-refractivity contribution in [3.05, 3.63) is 11.4 Å². The van der Waals surface area contributed by atoms with E-state index in [4.69, 9.17) is 5.84 Å². The predicted octanol–water partition coefficient (Wildman–Crippen LogP) is 0.238. The fourth-order valence-electron chi connectivity index (χ4n) is 0.638. The van der Waals surface area contributed by atoms with Crippen molar-refractivity contribution in [1.29, 1.82) is 0 Å². The first-order valence-electron chi connectivity index (χ1n) is 2.58. The Morgan fingerprint density at radius 3 is 2.40 bits per heavy atom. The summed E-state index contributed by atoms with van der Waals surface area (Å²) in [4.78, 5) is 0.583. The standard InChI is InChI=1S/C4H6F2N4/c1-2-3(4(5)6)10(7)9-8-2/h4H,7H2,1H3. The van der Waals surface area contributed by atoms with Crippen LogP contribution in [0.15, 0.2) is 0 Å². The quantitative estimate of drug-likeness (QED) is 0.580. The normalized spacial score (nSPS) is 10.8. The van der Waals surface area contributed by atoms with Gasteiger partial charge >= 0.3 is 0 Å². The number of rotatable bonds is 1. The second kappa shape index (κ2) is 2.20. The van der Waals surface area contributed by atoms with Crippen molar-refractivity contribution < 1.29 is 8.78 Å². The molecule has 0 atom stereocenters. The van der Waals surface area contributed by atoms with Gasteiger partial charge in [-0.15, -0.1) is 5.10 Å². The van der Waals surface area contributed by atoms with Crippen LogP contribution < -0.4 is 5.84 Å². The minimum Gasteiger partial charge on any atom is -0.321 e. The first-order valence-corrected chi connectivity index (χ1v) is 2.58. The van der Waals surface area contributed by atoms with Gasteiger partial charge in [-0.05, 0) is 12.1 Å². The van der Waals surface area contributed by atoms with E-state index >= 15 is 0 Å². The van der Waals surface area contributed by atoms with Gasteiger partial charge in [-0.2, -0.15) is 4.79 Å². The van der Waals surface area contributed by atoms with Crippen LogP contribution in [0.1, 0.15) is 17.8 Å². The summed E-state index contributed by atoms with van der Waals surface area (Å²) in [5.41, 5.74) is -0.169. The summed E-state index contributed by atoms with van der Waals surface area (Å²) < 4.78 is 23.9. The lowest BCUT2D eigenvalue weighted by Crippen LogP contribution is -2.14. The number of halogens is 2. The number of aryl methyl sites for hydroxylation is 1. The van der Waals surface area contributed by atoms with E-state index in [0.717, 1.165) is 0 Å². The van der Waals surface area contributed by atoms with Crippen molar-refractivity contribution in [2.24, 2.45) is 0 Å². The molecule has 0 aliphatic rings. The number of nitrogens with zero attached hydrogens (tertiary/aromatic N) is 3. The van der Waals surface area contributed by atoms with Gasteiger partial charge in [0.2, 0.25) is 0 Å². The topological polar surface area (TPSA) is 56.7 Å². The zero-order valence-corrected chi connectivity index (χ0v) is 5.25. The molecule has 0 aromatic carbocycles. The fraction of sp³-hybridized carbons (Fsp3) is 0.500. The zero-order chi connectivity index (χ0) is 7.72. The SMILES string of the molecule is Cc1nnn(N)c1C(F)F. The summed E-state index contributed by atoms with van der Waals surface area (Å²) in [6.07, 6.45) is -2.61. The van der Waals surface area contributed by atoms with Crippen LogP contribution in [-0.2, 0) is 0 Å². The Labute approximate surface area is 55.6 Å². The number of aromatic nitrogens is 3. The number of nitrogen functional groups attached to an aromatic ring is 1. The Kier molecular flexibility index (Phi) is 1.52. The monoisotopic (exact) mass is 148 g/mol. The molecule has 2 N–H and O–H groups in total. The van der Waals surface area contributed by atoms with Gasteiger partial charge in [-0.1, -0.05) is 0 Å². The van der Waals surface area contributed by atoms with Crippen LogP contribution >= 0.6 is 0 Å². The number of hydrogen-bond donors (Lipinski definition) is 1. The van der Waals surface area contributed by atoms with Crippen molar-refractivity contribution in [3.63, 3.8) is 0 Å². The van der Waals surface area contributed by atoms with Gasteiger partial charge in [0.25, 0.3) is 6.43 Å². The van der Waals surface area contributed by atoms with E-state index in [1.807, 2.05) is 0 Å². The summed E-state index contributed by atoms with van der Waals surface area (Å²) in [6.45, 7) is 1.43. The Morgan fingerprint density at radius 2 is 2.20 bits per heavy atom. The minimum absolute atomic E-state index is 0.164. The molecule has 6 heteroatoms. The molecular formula is C4H6F2N4. The van der Waals surface area contributed by atoms with Crippen LogP contribution in [0, 0.1) is 6.92 Å². The highest BCUT2D eigenvalue weighted by atomic mass is 19.3. The Hall–Kier alpha value is -1.20. The van der Waals surface area contributed by atoms with Gasteiger partial charge in [0.05, 0.1) is 5.69 Å². The first-order chi connectivity index (χ1) is 4.63. The molecule has 0 amide bonds. The molecule has 0 bridgehead atoms. The molecule has 0 spiro atoms. The van der Waals surface area contributed by atoms with E-state index in [1.165, 1.54) is 6.92 Å². The molecule has 4 nitrogen and oxygen atoms in total. The maximum absolute atomic E-state index is 11.9. The average Bonchev–Trinajstić information content (AvgIpc) is 2.11. The highest BCUT2D eigenvalue weighted by Crippen LogP contribution is 2.18. The van der Waals surface area contributed by atoms with Crippen molar-refractivity contribution in [2.75, 3.05) is 5.84 Å². The van der Waals surface area contributed by atoms with Crippen molar-refractivity contribution in [1.82, 2.24) is 15.1 Å². The van der Waals surface area contributed by atoms with Crippen LogP contribution in [0.3, 0.4) is 0 Å². The third kappa shape index (κ3) is 0.916. The summed E-state index contributed by atoms with van der Waals surface area (Å²) in [6, 6.07) is 0. The maximum atomic E-state index is 11.9. The van der Waals surface area contributed by atoms with E-state index in [1.54, 1.807) is 0 Å². The average molecular weight is 148 g/mol.